The van der Waals surface area contributed by atoms with Crippen LogP contribution in [0.2, 0.25) is 0 Å². The predicted octanol–water partition coefficient (Wildman–Crippen LogP) is 9.41. The summed E-state index contributed by atoms with van der Waals surface area (Å²) in [6.45, 7) is 4.34. The summed E-state index contributed by atoms with van der Waals surface area (Å²) in [6, 6.07) is 23.6. The van der Waals surface area contributed by atoms with Crippen molar-refractivity contribution in [3.63, 3.8) is 0 Å². The Morgan fingerprint density at radius 3 is 2.18 bits per heavy atom. The molecule has 4 heteroatoms. The molecule has 0 spiro atoms. The second kappa shape index (κ2) is 10.2. The highest BCUT2D eigenvalue weighted by molar-refractivity contribution is 7.30. The second-order valence-corrected chi connectivity index (χ2v) is 12.0. The van der Waals surface area contributed by atoms with Crippen LogP contribution in [0.15, 0.2) is 77.5 Å². The highest BCUT2D eigenvalue weighted by Crippen LogP contribution is 2.47. The minimum atomic E-state index is -1.21. The monoisotopic (exact) mass is 502 g/mol. The van der Waals surface area contributed by atoms with Crippen LogP contribution in [-0.4, -0.2) is 5.11 Å². The molecule has 174 valence electrons. The van der Waals surface area contributed by atoms with Crippen molar-refractivity contribution in [2.75, 3.05) is 0 Å². The summed E-state index contributed by atoms with van der Waals surface area (Å²) >= 11 is 5.30. The molecular weight excluding hydrogens is 473 g/mol. The number of hydrogen-bond donors (Lipinski definition) is 1. The van der Waals surface area contributed by atoms with Crippen molar-refractivity contribution < 1.29 is 5.11 Å². The van der Waals surface area contributed by atoms with Crippen LogP contribution in [-0.2, 0) is 12.0 Å². The highest BCUT2D eigenvalue weighted by Gasteiger charge is 2.37. The van der Waals surface area contributed by atoms with E-state index in [0.29, 0.717) is 0 Å². The summed E-state index contributed by atoms with van der Waals surface area (Å²) in [4.78, 5) is 2.38. The maximum absolute atomic E-state index is 12.5. The van der Waals surface area contributed by atoms with Crippen LogP contribution >= 0.6 is 34.0 Å². The molecule has 5 aromatic rings. The lowest BCUT2D eigenvalue weighted by Crippen LogP contribution is -2.29. The maximum atomic E-state index is 12.5. The lowest BCUT2D eigenvalue weighted by Gasteiger charge is -2.30. The van der Waals surface area contributed by atoms with Gasteiger partial charge in [0.05, 0.1) is 4.88 Å². The molecule has 34 heavy (non-hydrogen) atoms. The molecule has 0 amide bonds. The Morgan fingerprint density at radius 1 is 0.765 bits per heavy atom. The summed E-state index contributed by atoms with van der Waals surface area (Å²) in [6.07, 6.45) is 6.15. The summed E-state index contributed by atoms with van der Waals surface area (Å²) < 4.78 is 2.62. The number of rotatable bonds is 9. The van der Waals surface area contributed by atoms with Crippen molar-refractivity contribution >= 4 is 43.4 Å². The number of benzene rings is 2. The molecule has 5 rings (SSSR count). The quantitative estimate of drug-likeness (QED) is 0.199. The fourth-order valence-electron chi connectivity index (χ4n) is 4.60. The van der Waals surface area contributed by atoms with Crippen LogP contribution in [0.4, 0.5) is 0 Å². The van der Waals surface area contributed by atoms with E-state index in [1.807, 2.05) is 11.3 Å². The Labute approximate surface area is 214 Å². The fourth-order valence-corrected chi connectivity index (χ4v) is 7.79. The largest absolute Gasteiger partial charge is 0.376 e. The molecule has 0 fully saturated rings. The van der Waals surface area contributed by atoms with E-state index in [1.54, 1.807) is 22.7 Å². The zero-order valence-corrected chi connectivity index (χ0v) is 22.2. The molecule has 0 aliphatic heterocycles. The summed E-state index contributed by atoms with van der Waals surface area (Å²) in [7, 11) is 0. The molecule has 0 aliphatic rings. The van der Waals surface area contributed by atoms with Crippen LogP contribution in [0.1, 0.15) is 60.4 Å². The Bertz CT molecular complexity index is 1330. The summed E-state index contributed by atoms with van der Waals surface area (Å²) in [5.41, 5.74) is 4.12. The van der Waals surface area contributed by atoms with Gasteiger partial charge in [-0.15, -0.1) is 34.0 Å². The van der Waals surface area contributed by atoms with Crippen LogP contribution in [0, 0.1) is 6.92 Å². The first kappa shape index (κ1) is 23.5. The van der Waals surface area contributed by atoms with Gasteiger partial charge in [0.1, 0.15) is 5.60 Å². The van der Waals surface area contributed by atoms with Crippen LogP contribution < -0.4 is 0 Å². The molecular formula is C30H30OS3. The molecule has 1 N–H and O–H groups in total. The molecule has 0 aliphatic carbocycles. The molecule has 3 aromatic heterocycles. The van der Waals surface area contributed by atoms with Crippen molar-refractivity contribution in [2.24, 2.45) is 0 Å². The minimum Gasteiger partial charge on any atom is -0.376 e. The van der Waals surface area contributed by atoms with Gasteiger partial charge in [0.15, 0.2) is 0 Å². The molecule has 1 nitrogen and oxygen atoms in total. The topological polar surface area (TPSA) is 20.2 Å². The minimum absolute atomic E-state index is 0.909. The van der Waals surface area contributed by atoms with E-state index in [9.17, 15) is 5.11 Å². The molecule has 0 saturated heterocycles. The van der Waals surface area contributed by atoms with Gasteiger partial charge < -0.3 is 5.11 Å². The van der Waals surface area contributed by atoms with E-state index in [2.05, 4.69) is 91.3 Å². The molecule has 1 atom stereocenters. The van der Waals surface area contributed by atoms with Gasteiger partial charge in [-0.1, -0.05) is 80.3 Å². The van der Waals surface area contributed by atoms with E-state index in [4.69, 9.17) is 0 Å². The third kappa shape index (κ3) is 4.52. The van der Waals surface area contributed by atoms with Gasteiger partial charge in [-0.2, -0.15) is 0 Å². The van der Waals surface area contributed by atoms with Crippen molar-refractivity contribution in [2.45, 2.75) is 51.6 Å². The lowest BCUT2D eigenvalue weighted by molar-refractivity contribution is 0.126. The normalized spacial score (nSPS) is 13.4. The van der Waals surface area contributed by atoms with E-state index in [0.717, 1.165) is 28.0 Å². The van der Waals surface area contributed by atoms with Gasteiger partial charge in [0.25, 0.3) is 0 Å². The first-order valence-corrected chi connectivity index (χ1v) is 14.6. The Hall–Kier alpha value is -2.24. The van der Waals surface area contributed by atoms with Crippen LogP contribution in [0.5, 0.6) is 0 Å². The van der Waals surface area contributed by atoms with E-state index in [1.165, 1.54) is 51.1 Å². The Morgan fingerprint density at radius 2 is 1.47 bits per heavy atom. The maximum Gasteiger partial charge on any atom is 0.142 e. The first-order chi connectivity index (χ1) is 16.6. The SMILES string of the molecule is CCCCCCc1ccc(C(O)(c2ccc(C)cc2)c2ccsc2-c2cc3sccc3s2)cc1. The van der Waals surface area contributed by atoms with Gasteiger partial charge >= 0.3 is 0 Å². The zero-order chi connectivity index (χ0) is 23.5. The third-order valence-corrected chi connectivity index (χ3v) is 9.77. The van der Waals surface area contributed by atoms with Gasteiger partial charge in [-0.3, -0.25) is 0 Å². The fraction of sp³-hybridized carbons (Fsp3) is 0.267. The molecule has 2 aromatic carbocycles. The molecule has 0 saturated carbocycles. The molecule has 0 radical (unpaired) electrons. The van der Waals surface area contributed by atoms with Crippen molar-refractivity contribution in [3.8, 4) is 9.75 Å². The summed E-state index contributed by atoms with van der Waals surface area (Å²) in [5, 5.41) is 16.8. The van der Waals surface area contributed by atoms with Gasteiger partial charge in [-0.05, 0) is 65.4 Å². The van der Waals surface area contributed by atoms with Crippen LogP contribution in [0.3, 0.4) is 0 Å². The first-order valence-electron chi connectivity index (χ1n) is 12.0. The second-order valence-electron chi connectivity index (χ2n) is 9.01. The third-order valence-electron chi connectivity index (χ3n) is 6.58. The molecule has 3 heterocycles. The highest BCUT2D eigenvalue weighted by atomic mass is 32.1. The van der Waals surface area contributed by atoms with Crippen molar-refractivity contribution in [1.82, 2.24) is 0 Å². The smallest absolute Gasteiger partial charge is 0.142 e. The van der Waals surface area contributed by atoms with Crippen molar-refractivity contribution in [1.29, 1.82) is 0 Å². The number of hydrogen-bond acceptors (Lipinski definition) is 4. The molecule has 1 unspecified atom stereocenters. The number of unbranched alkanes of at least 4 members (excludes halogenated alkanes) is 3. The standard InChI is InChI=1S/C30H30OS3/c1-3-4-5-6-7-22-10-14-24(15-11-22)30(31,23-12-8-21(2)9-13-23)25-16-18-33-29(25)28-20-27-26(34-28)17-19-32-27/h8-20,31H,3-7H2,1-2H3. The molecule has 0 bridgehead atoms. The van der Waals surface area contributed by atoms with Gasteiger partial charge in [0.2, 0.25) is 0 Å². The zero-order valence-electron chi connectivity index (χ0n) is 19.7. The number of aliphatic hydroxyl groups is 1. The Kier molecular flexibility index (Phi) is 7.03. The average molecular weight is 503 g/mol. The average Bonchev–Trinajstić information content (AvgIpc) is 3.59. The van der Waals surface area contributed by atoms with Crippen LogP contribution in [0.25, 0.3) is 19.2 Å². The number of fused-ring (bicyclic) bond motifs is 1. The predicted molar refractivity (Wildman–Crippen MR) is 151 cm³/mol. The number of thiophene rings is 3. The van der Waals surface area contributed by atoms with E-state index in [-0.39, 0.29) is 0 Å². The number of aryl methyl sites for hydroxylation is 2. The van der Waals surface area contributed by atoms with E-state index >= 15 is 0 Å². The van der Waals surface area contributed by atoms with Gasteiger partial charge in [-0.25, -0.2) is 0 Å². The van der Waals surface area contributed by atoms with Crippen molar-refractivity contribution in [3.05, 3.63) is 105 Å². The lowest BCUT2D eigenvalue weighted by atomic mass is 9.79. The van der Waals surface area contributed by atoms with Gasteiger partial charge in [0, 0.05) is 19.8 Å². The van der Waals surface area contributed by atoms with E-state index < -0.39 is 5.60 Å². The summed E-state index contributed by atoms with van der Waals surface area (Å²) in [5.74, 6) is 0. The Balaban J connectivity index is 1.56.